The zero-order chi connectivity index (χ0) is 37.1. The molecule has 3 aromatic carbocycles. The maximum Gasteiger partial charge on any atom is 0.416 e. The molecule has 2 N–H and O–H groups in total. The summed E-state index contributed by atoms with van der Waals surface area (Å²) in [4.78, 5) is 40.1. The Morgan fingerprint density at radius 2 is 1.61 bits per heavy atom. The molecule has 1 amide bonds. The van der Waals surface area contributed by atoms with Crippen LogP contribution >= 0.6 is 24.0 Å². The molecule has 0 radical (unpaired) electrons. The predicted molar refractivity (Wildman–Crippen MR) is 175 cm³/mol. The van der Waals surface area contributed by atoms with E-state index in [0.29, 0.717) is 38.4 Å². The van der Waals surface area contributed by atoms with Crippen LogP contribution in [0.1, 0.15) is 33.5 Å². The third-order valence-corrected chi connectivity index (χ3v) is 8.95. The summed E-state index contributed by atoms with van der Waals surface area (Å²) in [7, 11) is 0. The number of aromatic carboxylic acids is 1. The van der Waals surface area contributed by atoms with E-state index in [9.17, 15) is 45.8 Å². The largest absolute Gasteiger partial charge is 0.507 e. The first kappa shape index (κ1) is 37.6. The van der Waals surface area contributed by atoms with E-state index in [1.54, 1.807) is 0 Å². The number of morpholine rings is 1. The van der Waals surface area contributed by atoms with Gasteiger partial charge in [-0.2, -0.15) is 26.3 Å². The van der Waals surface area contributed by atoms with Gasteiger partial charge in [0.2, 0.25) is 0 Å². The van der Waals surface area contributed by atoms with Crippen LogP contribution in [0.4, 0.5) is 26.3 Å². The fraction of sp³-hybridized carbons (Fsp3) is 0.273. The van der Waals surface area contributed by atoms with E-state index < -0.39 is 52.6 Å². The molecule has 0 spiro atoms. The van der Waals surface area contributed by atoms with E-state index in [2.05, 4.69) is 0 Å². The maximum atomic E-state index is 13.6. The Kier molecular flexibility index (Phi) is 11.3. The van der Waals surface area contributed by atoms with Crippen molar-refractivity contribution in [1.29, 1.82) is 0 Å². The van der Waals surface area contributed by atoms with Gasteiger partial charge in [-0.15, -0.1) is 0 Å². The Morgan fingerprint density at radius 3 is 2.22 bits per heavy atom. The summed E-state index contributed by atoms with van der Waals surface area (Å²) >= 11 is 6.20. The maximum absolute atomic E-state index is 13.6. The number of alkyl halides is 6. The zero-order valence-corrected chi connectivity index (χ0v) is 27.7. The predicted octanol–water partition coefficient (Wildman–Crippen LogP) is 6.66. The summed E-state index contributed by atoms with van der Waals surface area (Å²) in [5, 5.41) is 18.9. The molecule has 2 heterocycles. The average molecular weight is 757 g/mol. The van der Waals surface area contributed by atoms with E-state index >= 15 is 0 Å². The number of amides is 1. The van der Waals surface area contributed by atoms with Gasteiger partial charge in [-0.05, 0) is 59.7 Å². The van der Waals surface area contributed by atoms with Crippen LogP contribution in [0.25, 0.3) is 17.2 Å². The normalized spacial score (nSPS) is 16.5. The number of rotatable bonds is 10. The highest BCUT2D eigenvalue weighted by atomic mass is 32.2. The molecule has 3 aromatic rings. The smallest absolute Gasteiger partial charge is 0.416 e. The van der Waals surface area contributed by atoms with Crippen molar-refractivity contribution in [1.82, 2.24) is 9.80 Å². The van der Waals surface area contributed by atoms with E-state index in [0.717, 1.165) is 28.8 Å². The number of carbonyl (C=O) groups is 3. The number of ether oxygens (including phenoxy) is 3. The van der Waals surface area contributed by atoms with Crippen molar-refractivity contribution in [2.75, 3.05) is 39.6 Å². The van der Waals surface area contributed by atoms with Crippen molar-refractivity contribution in [3.63, 3.8) is 0 Å². The van der Waals surface area contributed by atoms with Crippen molar-refractivity contribution in [2.24, 2.45) is 0 Å². The first-order valence-electron chi connectivity index (χ1n) is 14.9. The summed E-state index contributed by atoms with van der Waals surface area (Å²) in [5.74, 6) is -3.44. The Hall–Kier alpha value is -4.65. The summed E-state index contributed by atoms with van der Waals surface area (Å²) in [6.07, 6.45) is -9.14. The van der Waals surface area contributed by atoms with Crippen molar-refractivity contribution < 1.29 is 65.1 Å². The highest BCUT2D eigenvalue weighted by molar-refractivity contribution is 8.26. The number of hydrogen-bond donors (Lipinski definition) is 2. The van der Waals surface area contributed by atoms with Gasteiger partial charge in [-0.1, -0.05) is 30.0 Å². The SMILES string of the molecule is O=C(CCN1C(=O)C(=Cc2cc(-c3cc(C(F)(F)F)cc(C(F)(F)F)c3)ccc2OCN2CCOCC2)SC1=S)Oc1ccc(C(=O)O)c(O)c1. The average Bonchev–Trinajstić information content (AvgIpc) is 3.33. The Labute approximate surface area is 295 Å². The zero-order valence-electron chi connectivity index (χ0n) is 26.0. The molecule has 18 heteroatoms. The van der Waals surface area contributed by atoms with Gasteiger partial charge in [0.15, 0.2) is 0 Å². The van der Waals surface area contributed by atoms with Gasteiger partial charge in [-0.25, -0.2) is 4.79 Å². The highest BCUT2D eigenvalue weighted by Crippen LogP contribution is 2.40. The van der Waals surface area contributed by atoms with Gasteiger partial charge in [-0.3, -0.25) is 19.4 Å². The number of halogens is 6. The third-order valence-electron chi connectivity index (χ3n) is 7.57. The number of aromatic hydroxyl groups is 1. The van der Waals surface area contributed by atoms with Crippen LogP contribution in [0.3, 0.4) is 0 Å². The first-order valence-corrected chi connectivity index (χ1v) is 16.1. The number of thiocarbonyl (C=S) groups is 1. The third kappa shape index (κ3) is 9.37. The molecule has 0 aromatic heterocycles. The Morgan fingerprint density at radius 1 is 0.941 bits per heavy atom. The number of benzene rings is 3. The standard InChI is InChI=1S/C33H26F6N2O8S2/c34-32(35,36)21-12-19(13-22(15-21)33(37,38)39)18-1-4-26(48-17-40-7-9-47-10-8-40)20(11-18)14-27-29(44)41(31(50)51-27)6-5-28(43)49-23-2-3-24(30(45)46)25(42)16-23/h1-4,11-16,42H,5-10,17H2,(H,45,46). The van der Waals surface area contributed by atoms with Crippen LogP contribution in [0.15, 0.2) is 59.5 Å². The minimum atomic E-state index is -5.06. The number of carboxylic acids is 1. The second-order valence-electron chi connectivity index (χ2n) is 11.1. The lowest BCUT2D eigenvalue weighted by atomic mass is 9.97. The molecule has 0 aliphatic carbocycles. The van der Waals surface area contributed by atoms with Crippen molar-refractivity contribution in [2.45, 2.75) is 18.8 Å². The molecular weight excluding hydrogens is 730 g/mol. The molecule has 0 bridgehead atoms. The lowest BCUT2D eigenvalue weighted by molar-refractivity contribution is -0.143. The molecule has 51 heavy (non-hydrogen) atoms. The second kappa shape index (κ2) is 15.3. The van der Waals surface area contributed by atoms with Gasteiger partial charge in [0.05, 0.1) is 35.7 Å². The van der Waals surface area contributed by atoms with Crippen LogP contribution in [-0.2, 0) is 26.7 Å². The molecule has 10 nitrogen and oxygen atoms in total. The van der Waals surface area contributed by atoms with E-state index in [4.69, 9.17) is 31.5 Å². The van der Waals surface area contributed by atoms with E-state index in [1.165, 1.54) is 30.3 Å². The molecule has 2 aliphatic rings. The van der Waals surface area contributed by atoms with Crippen molar-refractivity contribution in [3.05, 3.63) is 81.8 Å². The van der Waals surface area contributed by atoms with E-state index in [-0.39, 0.29) is 63.2 Å². The number of phenols is 1. The molecule has 2 saturated heterocycles. The number of thioether (sulfide) groups is 1. The van der Waals surface area contributed by atoms with Crippen LogP contribution < -0.4 is 9.47 Å². The first-order chi connectivity index (χ1) is 24.0. The fourth-order valence-corrected chi connectivity index (χ4v) is 6.26. The molecule has 2 aliphatic heterocycles. The minimum Gasteiger partial charge on any atom is -0.507 e. The monoisotopic (exact) mass is 756 g/mol. The molecular formula is C33H26F6N2O8S2. The summed E-state index contributed by atoms with van der Waals surface area (Å²) < 4.78 is 98.2. The number of esters is 1. The van der Waals surface area contributed by atoms with Crippen molar-refractivity contribution >= 4 is 52.2 Å². The van der Waals surface area contributed by atoms with E-state index in [1.807, 2.05) is 4.90 Å². The number of nitrogens with zero attached hydrogens (tertiary/aromatic N) is 2. The molecule has 0 unspecified atom stereocenters. The van der Waals surface area contributed by atoms with Crippen LogP contribution in [-0.4, -0.2) is 81.8 Å². The fourth-order valence-electron chi connectivity index (χ4n) is 4.96. The Bertz CT molecular complexity index is 1860. The van der Waals surface area contributed by atoms with Gasteiger partial charge in [0.25, 0.3) is 5.91 Å². The lowest BCUT2D eigenvalue weighted by Crippen LogP contribution is -2.38. The molecule has 270 valence electrons. The molecule has 5 rings (SSSR count). The topological polar surface area (TPSA) is 126 Å². The number of hydrogen-bond acceptors (Lipinski definition) is 10. The summed E-state index contributed by atoms with van der Waals surface area (Å²) in [5.41, 5.74) is -3.61. The van der Waals surface area contributed by atoms with Crippen LogP contribution in [0.2, 0.25) is 0 Å². The second-order valence-corrected chi connectivity index (χ2v) is 12.8. The summed E-state index contributed by atoms with van der Waals surface area (Å²) in [6.45, 7) is 1.86. The Balaban J connectivity index is 1.40. The van der Waals surface area contributed by atoms with Crippen LogP contribution in [0.5, 0.6) is 17.2 Å². The number of carboxylic acid groups (broad SMARTS) is 1. The highest BCUT2D eigenvalue weighted by Gasteiger charge is 2.37. The molecule has 2 fully saturated rings. The molecule has 0 saturated carbocycles. The van der Waals surface area contributed by atoms with Crippen molar-refractivity contribution in [3.8, 4) is 28.4 Å². The summed E-state index contributed by atoms with van der Waals surface area (Å²) in [6, 6.07) is 8.39. The van der Waals surface area contributed by atoms with Gasteiger partial charge < -0.3 is 24.4 Å². The van der Waals surface area contributed by atoms with Gasteiger partial charge >= 0.3 is 24.3 Å². The van der Waals surface area contributed by atoms with Gasteiger partial charge in [0, 0.05) is 31.3 Å². The van der Waals surface area contributed by atoms with Crippen LogP contribution in [0, 0.1) is 0 Å². The number of carbonyl (C=O) groups excluding carboxylic acids is 2. The quantitative estimate of drug-likeness (QED) is 0.0759. The minimum absolute atomic E-state index is 0.0165. The van der Waals surface area contributed by atoms with Gasteiger partial charge in [0.1, 0.15) is 33.9 Å². The molecule has 0 atom stereocenters. The lowest BCUT2D eigenvalue weighted by Gasteiger charge is -2.26.